The molecule has 0 bridgehead atoms. The van der Waals surface area contributed by atoms with Gasteiger partial charge in [0.2, 0.25) is 0 Å². The summed E-state index contributed by atoms with van der Waals surface area (Å²) in [6, 6.07) is 3.53. The monoisotopic (exact) mass is 250 g/mol. The van der Waals surface area contributed by atoms with Gasteiger partial charge in [0.15, 0.2) is 6.29 Å². The Morgan fingerprint density at radius 3 is 3.00 bits per heavy atom. The molecule has 18 heavy (non-hydrogen) atoms. The third kappa shape index (κ3) is 3.05. The predicted octanol–water partition coefficient (Wildman–Crippen LogP) is 1.31. The van der Waals surface area contributed by atoms with E-state index in [1.807, 2.05) is 13.8 Å². The quantitative estimate of drug-likeness (QED) is 0.808. The fourth-order valence-corrected chi connectivity index (χ4v) is 1.96. The van der Waals surface area contributed by atoms with Crippen LogP contribution in [0.1, 0.15) is 24.2 Å². The number of aromatic nitrogens is 1. The second kappa shape index (κ2) is 5.93. The number of likely N-dealkylation sites (N-methyl/N-ethyl adjacent to an activating group) is 1. The molecular weight excluding hydrogens is 232 g/mol. The zero-order valence-corrected chi connectivity index (χ0v) is 10.7. The number of pyridine rings is 1. The van der Waals surface area contributed by atoms with Crippen molar-refractivity contribution in [3.63, 3.8) is 0 Å². The highest BCUT2D eigenvalue weighted by molar-refractivity contribution is 5.93. The predicted molar refractivity (Wildman–Crippen MR) is 66.1 cm³/mol. The highest BCUT2D eigenvalue weighted by Gasteiger charge is 2.26. The molecule has 2 heterocycles. The van der Waals surface area contributed by atoms with E-state index in [0.29, 0.717) is 25.3 Å². The molecule has 0 spiro atoms. The third-order valence-electron chi connectivity index (χ3n) is 2.90. The zero-order valence-electron chi connectivity index (χ0n) is 10.7. The molecule has 1 aliphatic rings. The molecule has 1 fully saturated rings. The van der Waals surface area contributed by atoms with E-state index in [1.165, 1.54) is 0 Å². The maximum Gasteiger partial charge on any atom is 0.255 e. The van der Waals surface area contributed by atoms with Gasteiger partial charge in [-0.15, -0.1) is 0 Å². The van der Waals surface area contributed by atoms with Crippen LogP contribution in [0, 0.1) is 0 Å². The van der Waals surface area contributed by atoms with Crippen LogP contribution in [-0.2, 0) is 9.47 Å². The molecule has 1 aromatic heterocycles. The second-order valence-electron chi connectivity index (χ2n) is 4.24. The van der Waals surface area contributed by atoms with Crippen molar-refractivity contribution in [2.45, 2.75) is 26.2 Å². The van der Waals surface area contributed by atoms with Crippen molar-refractivity contribution in [3.8, 4) is 0 Å². The highest BCUT2D eigenvalue weighted by Crippen LogP contribution is 2.13. The number of hydrogen-bond donors (Lipinski definition) is 0. The van der Waals surface area contributed by atoms with E-state index in [4.69, 9.17) is 9.47 Å². The molecule has 2 rings (SSSR count). The molecule has 1 saturated heterocycles. The molecule has 0 radical (unpaired) electrons. The van der Waals surface area contributed by atoms with Crippen LogP contribution in [-0.4, -0.2) is 47.9 Å². The summed E-state index contributed by atoms with van der Waals surface area (Å²) in [5.41, 5.74) is 0.603. The van der Waals surface area contributed by atoms with Crippen molar-refractivity contribution in [2.24, 2.45) is 0 Å². The third-order valence-corrected chi connectivity index (χ3v) is 2.90. The van der Waals surface area contributed by atoms with Crippen molar-refractivity contribution in [2.75, 3.05) is 19.7 Å². The van der Waals surface area contributed by atoms with Crippen LogP contribution < -0.4 is 0 Å². The van der Waals surface area contributed by atoms with Crippen LogP contribution in [0.2, 0.25) is 0 Å². The van der Waals surface area contributed by atoms with Crippen LogP contribution in [0.5, 0.6) is 0 Å². The topological polar surface area (TPSA) is 51.7 Å². The Morgan fingerprint density at radius 2 is 2.44 bits per heavy atom. The van der Waals surface area contributed by atoms with Gasteiger partial charge < -0.3 is 14.4 Å². The van der Waals surface area contributed by atoms with Crippen LogP contribution in [0.4, 0.5) is 0 Å². The number of rotatable bonds is 4. The van der Waals surface area contributed by atoms with Crippen molar-refractivity contribution in [3.05, 3.63) is 30.1 Å². The van der Waals surface area contributed by atoms with Gasteiger partial charge in [-0.25, -0.2) is 0 Å². The van der Waals surface area contributed by atoms with Gasteiger partial charge in [0.1, 0.15) is 6.10 Å². The average molecular weight is 250 g/mol. The summed E-state index contributed by atoms with van der Waals surface area (Å²) >= 11 is 0. The highest BCUT2D eigenvalue weighted by atomic mass is 16.7. The van der Waals surface area contributed by atoms with E-state index in [1.54, 1.807) is 29.4 Å². The first kappa shape index (κ1) is 13.0. The molecule has 2 unspecified atom stereocenters. The average Bonchev–Trinajstić information content (AvgIpc) is 2.82. The number of carbonyl (C=O) groups excluding carboxylic acids is 1. The molecule has 2 atom stereocenters. The fraction of sp³-hybridized carbons (Fsp3) is 0.538. The lowest BCUT2D eigenvalue weighted by atomic mass is 10.2. The minimum Gasteiger partial charge on any atom is -0.350 e. The van der Waals surface area contributed by atoms with E-state index in [9.17, 15) is 4.79 Å². The van der Waals surface area contributed by atoms with Crippen LogP contribution in [0.25, 0.3) is 0 Å². The van der Waals surface area contributed by atoms with E-state index >= 15 is 0 Å². The first-order valence-corrected chi connectivity index (χ1v) is 6.17. The maximum absolute atomic E-state index is 12.2. The Kier molecular flexibility index (Phi) is 4.28. The van der Waals surface area contributed by atoms with Gasteiger partial charge in [0, 0.05) is 25.5 Å². The number of amides is 1. The summed E-state index contributed by atoms with van der Waals surface area (Å²) in [6.07, 6.45) is 3.02. The first-order chi connectivity index (χ1) is 8.70. The molecule has 1 amide bonds. The molecule has 98 valence electrons. The van der Waals surface area contributed by atoms with Gasteiger partial charge in [0.05, 0.1) is 12.2 Å². The Labute approximate surface area is 107 Å². The Morgan fingerprint density at radius 1 is 1.61 bits per heavy atom. The second-order valence-corrected chi connectivity index (χ2v) is 4.24. The molecular formula is C13H18N2O3. The summed E-state index contributed by atoms with van der Waals surface area (Å²) in [5.74, 6) is -0.0197. The first-order valence-electron chi connectivity index (χ1n) is 6.17. The lowest BCUT2D eigenvalue weighted by Crippen LogP contribution is -2.38. The van der Waals surface area contributed by atoms with Gasteiger partial charge in [-0.3, -0.25) is 9.78 Å². The SMILES string of the molecule is CCN(CC1COC(C)O1)C(=O)c1cccnc1. The maximum atomic E-state index is 12.2. The Hall–Kier alpha value is -1.46. The van der Waals surface area contributed by atoms with Crippen molar-refractivity contribution in [1.29, 1.82) is 0 Å². The van der Waals surface area contributed by atoms with Crippen LogP contribution >= 0.6 is 0 Å². The lowest BCUT2D eigenvalue weighted by molar-refractivity contribution is -0.0457. The summed E-state index contributed by atoms with van der Waals surface area (Å²) in [5, 5.41) is 0. The zero-order chi connectivity index (χ0) is 13.0. The molecule has 0 aromatic carbocycles. The summed E-state index contributed by atoms with van der Waals surface area (Å²) < 4.78 is 10.9. The van der Waals surface area contributed by atoms with E-state index in [0.717, 1.165) is 0 Å². The summed E-state index contributed by atoms with van der Waals surface area (Å²) in [6.45, 7) is 5.54. The van der Waals surface area contributed by atoms with E-state index in [2.05, 4.69) is 4.98 Å². The summed E-state index contributed by atoms with van der Waals surface area (Å²) in [7, 11) is 0. The number of hydrogen-bond acceptors (Lipinski definition) is 4. The lowest BCUT2D eigenvalue weighted by Gasteiger charge is -2.23. The molecule has 0 N–H and O–H groups in total. The number of carbonyl (C=O) groups is 1. The largest absolute Gasteiger partial charge is 0.350 e. The Bertz CT molecular complexity index is 396. The molecule has 0 saturated carbocycles. The van der Waals surface area contributed by atoms with Gasteiger partial charge in [0.25, 0.3) is 5.91 Å². The van der Waals surface area contributed by atoms with Crippen LogP contribution in [0.15, 0.2) is 24.5 Å². The van der Waals surface area contributed by atoms with Crippen molar-refractivity contribution >= 4 is 5.91 Å². The number of nitrogens with zero attached hydrogens (tertiary/aromatic N) is 2. The van der Waals surface area contributed by atoms with E-state index in [-0.39, 0.29) is 18.3 Å². The normalized spacial score (nSPS) is 23.0. The van der Waals surface area contributed by atoms with Gasteiger partial charge >= 0.3 is 0 Å². The van der Waals surface area contributed by atoms with Crippen molar-refractivity contribution in [1.82, 2.24) is 9.88 Å². The summed E-state index contributed by atoms with van der Waals surface area (Å²) in [4.78, 5) is 18.0. The van der Waals surface area contributed by atoms with Gasteiger partial charge in [-0.1, -0.05) is 0 Å². The minimum atomic E-state index is -0.179. The van der Waals surface area contributed by atoms with Gasteiger partial charge in [-0.05, 0) is 26.0 Å². The molecule has 5 heteroatoms. The molecule has 5 nitrogen and oxygen atoms in total. The van der Waals surface area contributed by atoms with Crippen LogP contribution in [0.3, 0.4) is 0 Å². The van der Waals surface area contributed by atoms with Crippen molar-refractivity contribution < 1.29 is 14.3 Å². The smallest absolute Gasteiger partial charge is 0.255 e. The van der Waals surface area contributed by atoms with E-state index < -0.39 is 0 Å². The Balaban J connectivity index is 1.98. The van der Waals surface area contributed by atoms with Gasteiger partial charge in [-0.2, -0.15) is 0 Å². The number of ether oxygens (including phenoxy) is 2. The standard InChI is InChI=1S/C13H18N2O3/c1-3-15(8-12-9-17-10(2)18-12)13(16)11-5-4-6-14-7-11/h4-7,10,12H,3,8-9H2,1-2H3. The minimum absolute atomic E-state index is 0.0197. The molecule has 1 aliphatic heterocycles. The fourth-order valence-electron chi connectivity index (χ4n) is 1.96. The molecule has 1 aromatic rings. The molecule has 0 aliphatic carbocycles.